The van der Waals surface area contributed by atoms with E-state index in [9.17, 15) is 0 Å². The van der Waals surface area contributed by atoms with E-state index in [1.54, 1.807) is 0 Å². The van der Waals surface area contributed by atoms with Crippen LogP contribution in [0.4, 0.5) is 0 Å². The SMILES string of the molecule is CC(C)C1CC[C@@]2(C)CCCC[C@@H]2C1. The Kier molecular flexibility index (Phi) is 2.91. The summed E-state index contributed by atoms with van der Waals surface area (Å²) in [5.41, 5.74) is 0.740. The molecule has 0 amide bonds. The van der Waals surface area contributed by atoms with Crippen LogP contribution < -0.4 is 0 Å². The first-order valence-electron chi connectivity index (χ1n) is 6.62. The molecular formula is C14H26. The van der Waals surface area contributed by atoms with E-state index in [2.05, 4.69) is 20.8 Å². The molecule has 2 aliphatic carbocycles. The molecule has 0 aromatic carbocycles. The lowest BCUT2D eigenvalue weighted by atomic mass is 9.57. The van der Waals surface area contributed by atoms with E-state index in [1.807, 2.05) is 0 Å². The molecule has 82 valence electrons. The smallest absolute Gasteiger partial charge is 0.0297 e. The molecule has 3 atom stereocenters. The van der Waals surface area contributed by atoms with Gasteiger partial charge in [-0.1, -0.05) is 33.6 Å². The predicted octanol–water partition coefficient (Wildman–Crippen LogP) is 4.64. The van der Waals surface area contributed by atoms with Crippen LogP contribution >= 0.6 is 0 Å². The molecule has 2 saturated carbocycles. The van der Waals surface area contributed by atoms with Crippen LogP contribution in [0, 0.1) is 23.2 Å². The molecule has 0 heteroatoms. The van der Waals surface area contributed by atoms with E-state index < -0.39 is 0 Å². The second-order valence-corrected chi connectivity index (χ2v) is 6.38. The fourth-order valence-electron chi connectivity index (χ4n) is 3.81. The van der Waals surface area contributed by atoms with Crippen LogP contribution in [0.15, 0.2) is 0 Å². The average molecular weight is 194 g/mol. The van der Waals surface area contributed by atoms with Gasteiger partial charge in [-0.3, -0.25) is 0 Å². The monoisotopic (exact) mass is 194 g/mol. The van der Waals surface area contributed by atoms with Gasteiger partial charge < -0.3 is 0 Å². The summed E-state index contributed by atoms with van der Waals surface area (Å²) < 4.78 is 0. The first-order valence-corrected chi connectivity index (χ1v) is 6.62. The first kappa shape index (κ1) is 10.5. The predicted molar refractivity (Wildman–Crippen MR) is 62.2 cm³/mol. The zero-order valence-electron chi connectivity index (χ0n) is 10.2. The third-order valence-electron chi connectivity index (χ3n) is 5.15. The molecule has 0 heterocycles. The topological polar surface area (TPSA) is 0 Å². The summed E-state index contributed by atoms with van der Waals surface area (Å²) in [4.78, 5) is 0. The van der Waals surface area contributed by atoms with Crippen molar-refractivity contribution >= 4 is 0 Å². The summed E-state index contributed by atoms with van der Waals surface area (Å²) >= 11 is 0. The van der Waals surface area contributed by atoms with Crippen molar-refractivity contribution in [1.82, 2.24) is 0 Å². The fraction of sp³-hybridized carbons (Fsp3) is 1.00. The van der Waals surface area contributed by atoms with Gasteiger partial charge in [-0.15, -0.1) is 0 Å². The molecule has 0 nitrogen and oxygen atoms in total. The lowest BCUT2D eigenvalue weighted by Crippen LogP contribution is -2.37. The molecule has 0 bridgehead atoms. The largest absolute Gasteiger partial charge is 0.0625 e. The maximum Gasteiger partial charge on any atom is -0.0297 e. The highest BCUT2D eigenvalue weighted by Gasteiger charge is 2.41. The highest BCUT2D eigenvalue weighted by molar-refractivity contribution is 4.92. The standard InChI is InChI=1S/C14H26/c1-11(2)12-7-9-14(3)8-5-4-6-13(14)10-12/h11-13H,4-10H2,1-3H3/t12?,13-,14-/m1/s1. The minimum absolute atomic E-state index is 0.740. The van der Waals surface area contributed by atoms with Gasteiger partial charge in [0.25, 0.3) is 0 Å². The summed E-state index contributed by atoms with van der Waals surface area (Å²) in [6.45, 7) is 7.39. The second-order valence-electron chi connectivity index (χ2n) is 6.38. The van der Waals surface area contributed by atoms with Crippen LogP contribution in [0.25, 0.3) is 0 Å². The Labute approximate surface area is 89.5 Å². The number of fused-ring (bicyclic) bond motifs is 1. The Morgan fingerprint density at radius 1 is 1.07 bits per heavy atom. The Balaban J connectivity index is 2.02. The van der Waals surface area contributed by atoms with Crippen molar-refractivity contribution in [2.45, 2.75) is 65.7 Å². The molecule has 1 unspecified atom stereocenters. The highest BCUT2D eigenvalue weighted by atomic mass is 14.5. The molecule has 0 radical (unpaired) electrons. The van der Waals surface area contributed by atoms with Gasteiger partial charge in [-0.25, -0.2) is 0 Å². The summed E-state index contributed by atoms with van der Waals surface area (Å²) in [5.74, 6) is 3.02. The molecule has 0 aliphatic heterocycles. The maximum atomic E-state index is 2.56. The number of hydrogen-bond donors (Lipinski definition) is 0. The van der Waals surface area contributed by atoms with Gasteiger partial charge in [0.2, 0.25) is 0 Å². The molecule has 2 aliphatic rings. The van der Waals surface area contributed by atoms with E-state index in [0.29, 0.717) is 0 Å². The van der Waals surface area contributed by atoms with Crippen LogP contribution in [0.2, 0.25) is 0 Å². The first-order chi connectivity index (χ1) is 6.62. The molecule has 2 fully saturated rings. The minimum atomic E-state index is 0.740. The molecule has 0 aromatic heterocycles. The van der Waals surface area contributed by atoms with E-state index in [1.165, 1.54) is 44.9 Å². The quantitative estimate of drug-likeness (QED) is 0.570. The number of hydrogen-bond acceptors (Lipinski definition) is 0. The molecule has 0 N–H and O–H groups in total. The summed E-state index contributed by atoms with van der Waals surface area (Å²) in [5, 5.41) is 0. The molecular weight excluding hydrogens is 168 g/mol. The fourth-order valence-corrected chi connectivity index (χ4v) is 3.81. The van der Waals surface area contributed by atoms with E-state index in [-0.39, 0.29) is 0 Å². The van der Waals surface area contributed by atoms with Crippen molar-refractivity contribution in [1.29, 1.82) is 0 Å². The zero-order chi connectivity index (χ0) is 10.2. The Bertz CT molecular complexity index is 194. The van der Waals surface area contributed by atoms with Crippen LogP contribution in [0.3, 0.4) is 0 Å². The lowest BCUT2D eigenvalue weighted by Gasteiger charge is -2.48. The third kappa shape index (κ3) is 1.85. The lowest BCUT2D eigenvalue weighted by molar-refractivity contribution is 0.0249. The van der Waals surface area contributed by atoms with Crippen LogP contribution in [-0.2, 0) is 0 Å². The Morgan fingerprint density at radius 3 is 2.57 bits per heavy atom. The maximum absolute atomic E-state index is 2.56. The van der Waals surface area contributed by atoms with Crippen molar-refractivity contribution in [2.24, 2.45) is 23.2 Å². The Morgan fingerprint density at radius 2 is 1.86 bits per heavy atom. The van der Waals surface area contributed by atoms with Crippen molar-refractivity contribution in [3.8, 4) is 0 Å². The van der Waals surface area contributed by atoms with Gasteiger partial charge in [0.05, 0.1) is 0 Å². The molecule has 0 saturated heterocycles. The van der Waals surface area contributed by atoms with Gasteiger partial charge in [0.15, 0.2) is 0 Å². The Hall–Kier alpha value is 0. The van der Waals surface area contributed by atoms with Crippen LogP contribution in [0.5, 0.6) is 0 Å². The van der Waals surface area contributed by atoms with Gasteiger partial charge in [0, 0.05) is 0 Å². The van der Waals surface area contributed by atoms with Gasteiger partial charge >= 0.3 is 0 Å². The van der Waals surface area contributed by atoms with Crippen molar-refractivity contribution < 1.29 is 0 Å². The van der Waals surface area contributed by atoms with E-state index in [0.717, 1.165) is 23.2 Å². The van der Waals surface area contributed by atoms with Crippen LogP contribution in [-0.4, -0.2) is 0 Å². The van der Waals surface area contributed by atoms with Gasteiger partial charge in [0.1, 0.15) is 0 Å². The average Bonchev–Trinajstić information content (AvgIpc) is 2.16. The van der Waals surface area contributed by atoms with Gasteiger partial charge in [-0.2, -0.15) is 0 Å². The summed E-state index contributed by atoms with van der Waals surface area (Å²) in [7, 11) is 0. The molecule has 0 spiro atoms. The van der Waals surface area contributed by atoms with Crippen molar-refractivity contribution in [3.63, 3.8) is 0 Å². The molecule has 14 heavy (non-hydrogen) atoms. The minimum Gasteiger partial charge on any atom is -0.0625 e. The third-order valence-corrected chi connectivity index (χ3v) is 5.15. The van der Waals surface area contributed by atoms with Crippen molar-refractivity contribution in [3.05, 3.63) is 0 Å². The van der Waals surface area contributed by atoms with E-state index in [4.69, 9.17) is 0 Å². The van der Waals surface area contributed by atoms with Crippen molar-refractivity contribution in [2.75, 3.05) is 0 Å². The molecule has 2 rings (SSSR count). The normalized spacial score (nSPS) is 43.7. The highest BCUT2D eigenvalue weighted by Crippen LogP contribution is 2.52. The number of rotatable bonds is 1. The molecule has 0 aromatic rings. The second kappa shape index (κ2) is 3.87. The van der Waals surface area contributed by atoms with E-state index >= 15 is 0 Å². The van der Waals surface area contributed by atoms with Crippen LogP contribution in [0.1, 0.15) is 65.7 Å². The summed E-state index contributed by atoms with van der Waals surface area (Å²) in [6.07, 6.45) is 10.6. The van der Waals surface area contributed by atoms with Gasteiger partial charge in [-0.05, 0) is 55.3 Å². The zero-order valence-corrected chi connectivity index (χ0v) is 10.2. The summed E-state index contributed by atoms with van der Waals surface area (Å²) in [6, 6.07) is 0.